The molecule has 0 aliphatic carbocycles. The van der Waals surface area contributed by atoms with E-state index < -0.39 is 12.0 Å². The van der Waals surface area contributed by atoms with Crippen LogP contribution in [0, 0.1) is 0 Å². The molecule has 0 N–H and O–H groups in total. The highest BCUT2D eigenvalue weighted by Gasteiger charge is 2.24. The topological polar surface area (TPSA) is 75.1 Å². The van der Waals surface area contributed by atoms with E-state index in [1.165, 1.54) is 0 Å². The number of nitrogens with zero attached hydrogens (tertiary/aromatic N) is 3. The SMILES string of the molecule is [N-]=[N+]=NC1CCOC1=O. The van der Waals surface area contributed by atoms with E-state index in [9.17, 15) is 4.79 Å². The summed E-state index contributed by atoms with van der Waals surface area (Å²) in [5.41, 5.74) is 7.90. The van der Waals surface area contributed by atoms with Gasteiger partial charge in [-0.25, -0.2) is 0 Å². The second kappa shape index (κ2) is 2.37. The van der Waals surface area contributed by atoms with Crippen LogP contribution >= 0.6 is 0 Å². The standard InChI is InChI=1S/C4H5N3O2/c5-7-6-3-1-2-9-4(3)8/h3H,1-2H2. The maximum atomic E-state index is 10.5. The average molecular weight is 127 g/mol. The van der Waals surface area contributed by atoms with Gasteiger partial charge < -0.3 is 4.74 Å². The second-order valence-corrected chi connectivity index (χ2v) is 1.68. The second-order valence-electron chi connectivity index (χ2n) is 1.68. The lowest BCUT2D eigenvalue weighted by Gasteiger charge is -1.89. The molecule has 1 aliphatic rings. The molecule has 9 heavy (non-hydrogen) atoms. The molecule has 0 saturated carbocycles. The predicted molar refractivity (Wildman–Crippen MR) is 28.5 cm³/mol. The van der Waals surface area contributed by atoms with E-state index in [2.05, 4.69) is 14.8 Å². The van der Waals surface area contributed by atoms with Crippen LogP contribution in [-0.2, 0) is 9.53 Å². The molecule has 0 aromatic heterocycles. The molecule has 5 nitrogen and oxygen atoms in total. The Kier molecular flexibility index (Phi) is 1.55. The Balaban J connectivity index is 2.59. The van der Waals surface area contributed by atoms with E-state index in [1.807, 2.05) is 0 Å². The van der Waals surface area contributed by atoms with Crippen LogP contribution in [-0.4, -0.2) is 18.6 Å². The smallest absolute Gasteiger partial charge is 0.315 e. The van der Waals surface area contributed by atoms with Gasteiger partial charge in [-0.3, -0.25) is 4.79 Å². The van der Waals surface area contributed by atoms with Crippen molar-refractivity contribution >= 4 is 5.97 Å². The molecule has 0 aromatic rings. The number of azide groups is 1. The van der Waals surface area contributed by atoms with Gasteiger partial charge in [0.25, 0.3) is 0 Å². The predicted octanol–water partition coefficient (Wildman–Crippen LogP) is 0.612. The summed E-state index contributed by atoms with van der Waals surface area (Å²) in [6.07, 6.45) is 0.517. The molecule has 0 spiro atoms. The zero-order chi connectivity index (χ0) is 6.69. The summed E-state index contributed by atoms with van der Waals surface area (Å²) in [7, 11) is 0. The van der Waals surface area contributed by atoms with Crippen molar-refractivity contribution in [2.75, 3.05) is 6.61 Å². The van der Waals surface area contributed by atoms with E-state index in [1.54, 1.807) is 0 Å². The molecular formula is C4H5N3O2. The van der Waals surface area contributed by atoms with Gasteiger partial charge in [0.05, 0.1) is 6.61 Å². The van der Waals surface area contributed by atoms with Crippen molar-refractivity contribution in [2.24, 2.45) is 5.11 Å². The quantitative estimate of drug-likeness (QED) is 0.224. The van der Waals surface area contributed by atoms with Crippen molar-refractivity contribution in [3.05, 3.63) is 10.4 Å². The normalized spacial score (nSPS) is 24.9. The van der Waals surface area contributed by atoms with Gasteiger partial charge in [0.1, 0.15) is 6.04 Å². The largest absolute Gasteiger partial charge is 0.465 e. The summed E-state index contributed by atoms with van der Waals surface area (Å²) in [6, 6.07) is -0.574. The van der Waals surface area contributed by atoms with E-state index in [4.69, 9.17) is 5.53 Å². The lowest BCUT2D eigenvalue weighted by Crippen LogP contribution is -2.09. The first kappa shape index (κ1) is 5.91. The number of cyclic esters (lactones) is 1. The molecule has 1 aliphatic heterocycles. The zero-order valence-corrected chi connectivity index (χ0v) is 4.65. The highest BCUT2D eigenvalue weighted by Crippen LogP contribution is 2.09. The summed E-state index contributed by atoms with van der Waals surface area (Å²) < 4.78 is 4.51. The number of ether oxygens (including phenoxy) is 1. The molecule has 0 radical (unpaired) electrons. The number of rotatable bonds is 1. The molecule has 1 saturated heterocycles. The third kappa shape index (κ3) is 1.12. The molecule has 0 amide bonds. The fourth-order valence-corrected chi connectivity index (χ4v) is 0.652. The summed E-state index contributed by atoms with van der Waals surface area (Å²) in [6.45, 7) is 0.377. The first-order valence-electron chi connectivity index (χ1n) is 2.55. The van der Waals surface area contributed by atoms with Crippen LogP contribution < -0.4 is 0 Å². The highest BCUT2D eigenvalue weighted by molar-refractivity contribution is 5.77. The molecule has 1 atom stereocenters. The van der Waals surface area contributed by atoms with Gasteiger partial charge in [-0.15, -0.1) is 0 Å². The fourth-order valence-electron chi connectivity index (χ4n) is 0.652. The van der Waals surface area contributed by atoms with Crippen molar-refractivity contribution in [3.8, 4) is 0 Å². The lowest BCUT2D eigenvalue weighted by atomic mass is 10.3. The molecule has 48 valence electrons. The zero-order valence-electron chi connectivity index (χ0n) is 4.65. The molecule has 1 fully saturated rings. The van der Waals surface area contributed by atoms with E-state index in [-0.39, 0.29) is 0 Å². The van der Waals surface area contributed by atoms with Crippen LogP contribution in [0.5, 0.6) is 0 Å². The molecular weight excluding hydrogens is 122 g/mol. The van der Waals surface area contributed by atoms with E-state index in [0.717, 1.165) is 0 Å². The molecule has 0 aromatic carbocycles. The Labute approximate surface area is 51.2 Å². The Morgan fingerprint density at radius 1 is 1.89 bits per heavy atom. The fraction of sp³-hybridized carbons (Fsp3) is 0.750. The van der Waals surface area contributed by atoms with Gasteiger partial charge in [-0.2, -0.15) is 0 Å². The van der Waals surface area contributed by atoms with Crippen LogP contribution in [0.25, 0.3) is 10.4 Å². The Hall–Kier alpha value is -1.22. The first-order valence-corrected chi connectivity index (χ1v) is 2.55. The summed E-state index contributed by atoms with van der Waals surface area (Å²) in [4.78, 5) is 13.0. The summed E-state index contributed by atoms with van der Waals surface area (Å²) >= 11 is 0. The third-order valence-electron chi connectivity index (χ3n) is 1.10. The van der Waals surface area contributed by atoms with Gasteiger partial charge in [0.2, 0.25) is 0 Å². The van der Waals surface area contributed by atoms with Gasteiger partial charge >= 0.3 is 5.97 Å². The molecule has 1 heterocycles. The van der Waals surface area contributed by atoms with Crippen LogP contribution in [0.2, 0.25) is 0 Å². The Morgan fingerprint density at radius 3 is 3.11 bits per heavy atom. The van der Waals surface area contributed by atoms with Crippen molar-refractivity contribution in [1.82, 2.24) is 0 Å². The summed E-state index contributed by atoms with van der Waals surface area (Å²) in [5.74, 6) is -0.409. The Morgan fingerprint density at radius 2 is 2.67 bits per heavy atom. The number of hydrogen-bond acceptors (Lipinski definition) is 3. The third-order valence-corrected chi connectivity index (χ3v) is 1.10. The van der Waals surface area contributed by atoms with E-state index >= 15 is 0 Å². The van der Waals surface area contributed by atoms with Gasteiger partial charge in [-0.1, -0.05) is 5.11 Å². The minimum absolute atomic E-state index is 0.377. The minimum atomic E-state index is -0.574. The maximum absolute atomic E-state index is 10.5. The van der Waals surface area contributed by atoms with Crippen LogP contribution in [0.4, 0.5) is 0 Å². The first-order chi connectivity index (χ1) is 4.34. The van der Waals surface area contributed by atoms with Gasteiger partial charge in [0.15, 0.2) is 0 Å². The number of hydrogen-bond donors (Lipinski definition) is 0. The van der Waals surface area contributed by atoms with E-state index in [0.29, 0.717) is 13.0 Å². The van der Waals surface area contributed by atoms with Gasteiger partial charge in [0, 0.05) is 11.3 Å². The van der Waals surface area contributed by atoms with Crippen molar-refractivity contribution < 1.29 is 9.53 Å². The van der Waals surface area contributed by atoms with Crippen LogP contribution in [0.15, 0.2) is 5.11 Å². The number of carbonyl (C=O) groups excluding carboxylic acids is 1. The molecule has 1 rings (SSSR count). The van der Waals surface area contributed by atoms with Crippen molar-refractivity contribution in [3.63, 3.8) is 0 Å². The summed E-state index contributed by atoms with van der Waals surface area (Å²) in [5, 5.41) is 3.21. The minimum Gasteiger partial charge on any atom is -0.465 e. The van der Waals surface area contributed by atoms with Crippen molar-refractivity contribution in [1.29, 1.82) is 0 Å². The van der Waals surface area contributed by atoms with Crippen molar-refractivity contribution in [2.45, 2.75) is 12.5 Å². The Bertz CT molecular complexity index is 173. The van der Waals surface area contributed by atoms with Crippen LogP contribution in [0.3, 0.4) is 0 Å². The average Bonchev–Trinajstić information content (AvgIpc) is 2.18. The molecule has 1 unspecified atom stereocenters. The van der Waals surface area contributed by atoms with Gasteiger partial charge in [-0.05, 0) is 5.53 Å². The molecule has 0 bridgehead atoms. The molecule has 5 heteroatoms. The highest BCUT2D eigenvalue weighted by atomic mass is 16.5. The maximum Gasteiger partial charge on any atom is 0.315 e. The monoisotopic (exact) mass is 127 g/mol. The lowest BCUT2D eigenvalue weighted by molar-refractivity contribution is -0.138. The number of esters is 1. The number of carbonyl (C=O) groups is 1. The van der Waals surface area contributed by atoms with Crippen LogP contribution in [0.1, 0.15) is 6.42 Å².